The highest BCUT2D eigenvalue weighted by atomic mass is 16.5. The van der Waals surface area contributed by atoms with Gasteiger partial charge >= 0.3 is 0 Å². The van der Waals surface area contributed by atoms with Crippen LogP contribution < -0.4 is 15.4 Å². The van der Waals surface area contributed by atoms with E-state index >= 15 is 0 Å². The average molecular weight is 565 g/mol. The molecule has 0 radical (unpaired) electrons. The zero-order valence-corrected chi connectivity index (χ0v) is 24.2. The number of aliphatic hydroxyl groups is 1. The highest BCUT2D eigenvalue weighted by Gasteiger charge is 2.23. The van der Waals surface area contributed by atoms with Gasteiger partial charge in [0.15, 0.2) is 5.82 Å². The van der Waals surface area contributed by atoms with E-state index in [4.69, 9.17) is 14.5 Å². The number of aliphatic hydroxyl groups excluding tert-OH is 1. The van der Waals surface area contributed by atoms with Gasteiger partial charge in [0, 0.05) is 75.4 Å². The number of ether oxygens (including phenoxy) is 2. The van der Waals surface area contributed by atoms with Crippen LogP contribution in [0, 0.1) is 6.92 Å². The van der Waals surface area contributed by atoms with Gasteiger partial charge in [-0.15, -0.1) is 5.10 Å². The highest BCUT2D eigenvalue weighted by molar-refractivity contribution is 6.00. The summed E-state index contributed by atoms with van der Waals surface area (Å²) < 4.78 is 13.1. The first-order valence-corrected chi connectivity index (χ1v) is 14.0. The molecule has 0 saturated carbocycles. The molecule has 41 heavy (non-hydrogen) atoms. The fourth-order valence-electron chi connectivity index (χ4n) is 5.27. The summed E-state index contributed by atoms with van der Waals surface area (Å²) in [4.78, 5) is 22.0. The van der Waals surface area contributed by atoms with Crippen molar-refractivity contribution >= 4 is 28.4 Å². The summed E-state index contributed by atoms with van der Waals surface area (Å²) in [5.74, 6) is 1.65. The zero-order chi connectivity index (χ0) is 28.8. The van der Waals surface area contributed by atoms with E-state index < -0.39 is 0 Å². The van der Waals surface area contributed by atoms with Crippen molar-refractivity contribution in [3.8, 4) is 17.1 Å². The number of hydrogen-bond donors (Lipinski definition) is 4. The van der Waals surface area contributed by atoms with Crippen molar-refractivity contribution in [2.75, 3.05) is 70.4 Å². The molecule has 0 amide bonds. The number of β-amino-alcohol motifs (C(OH)–C–C–N with tert-alkyl or cyclic N) is 1. The predicted octanol–water partition coefficient (Wildman–Crippen LogP) is 2.59. The molecule has 4 N–H and O–H groups in total. The molecule has 5 heterocycles. The van der Waals surface area contributed by atoms with E-state index in [0.717, 1.165) is 72.7 Å². The Kier molecular flexibility index (Phi) is 9.29. The fraction of sp³-hybridized carbons (Fsp3) is 0.500. The minimum absolute atomic E-state index is 0.216. The van der Waals surface area contributed by atoms with Gasteiger partial charge in [-0.1, -0.05) is 6.92 Å². The lowest BCUT2D eigenvalue weighted by Gasteiger charge is -2.38. The van der Waals surface area contributed by atoms with Crippen LogP contribution in [0.4, 0.5) is 17.5 Å². The molecular formula is C28H40N10O3. The molecule has 4 aromatic rings. The fourth-order valence-corrected chi connectivity index (χ4v) is 5.27. The molecule has 0 aliphatic carbocycles. The molecule has 1 aliphatic heterocycles. The molecule has 13 nitrogen and oxygen atoms in total. The summed E-state index contributed by atoms with van der Waals surface area (Å²) in [6, 6.07) is 2.35. The number of nitrogens with zero attached hydrogens (tertiary/aromatic N) is 7. The molecule has 0 aromatic carbocycles. The van der Waals surface area contributed by atoms with Crippen LogP contribution in [0.3, 0.4) is 0 Å². The van der Waals surface area contributed by atoms with Gasteiger partial charge in [0.25, 0.3) is 5.88 Å². The standard InChI is InChI=1S/C28H40N10O3/c1-5-20(38-10-8-37(9-11-38)12-13-39)17-41-18-32-26-25-21(6-7-29-26)22(15-30-25)24-19(2)14-31-28(34-24)33-23-16-36(3)35-27(23)40-4/h6-7,14-16,20,30,39H,5,8-13,17-18H2,1-4H3,(H,29,32)(H,31,33,34). The Morgan fingerprint density at radius 2 is 2.02 bits per heavy atom. The number of fused-ring (bicyclic) bond motifs is 1. The summed E-state index contributed by atoms with van der Waals surface area (Å²) >= 11 is 0. The van der Waals surface area contributed by atoms with Gasteiger partial charge in [0.2, 0.25) is 5.95 Å². The van der Waals surface area contributed by atoms with Gasteiger partial charge in [0.1, 0.15) is 12.4 Å². The Balaban J connectivity index is 1.24. The van der Waals surface area contributed by atoms with Crippen LogP contribution in [-0.2, 0) is 11.8 Å². The number of aromatic nitrogens is 6. The number of rotatable bonds is 13. The second kappa shape index (κ2) is 13.3. The Labute approximate surface area is 239 Å². The zero-order valence-electron chi connectivity index (χ0n) is 24.2. The number of aromatic amines is 1. The minimum Gasteiger partial charge on any atom is -0.478 e. The molecule has 1 fully saturated rings. The van der Waals surface area contributed by atoms with E-state index in [9.17, 15) is 5.11 Å². The van der Waals surface area contributed by atoms with Gasteiger partial charge in [-0.3, -0.25) is 14.5 Å². The van der Waals surface area contributed by atoms with Crippen molar-refractivity contribution < 1.29 is 14.6 Å². The van der Waals surface area contributed by atoms with Crippen LogP contribution in [0.5, 0.6) is 5.88 Å². The predicted molar refractivity (Wildman–Crippen MR) is 159 cm³/mol. The summed E-state index contributed by atoms with van der Waals surface area (Å²) in [6.45, 7) is 10.1. The van der Waals surface area contributed by atoms with E-state index in [1.807, 2.05) is 32.4 Å². The van der Waals surface area contributed by atoms with Gasteiger partial charge in [0.05, 0.1) is 37.7 Å². The molecule has 1 saturated heterocycles. The first-order chi connectivity index (χ1) is 20.0. The third-order valence-corrected chi connectivity index (χ3v) is 7.53. The summed E-state index contributed by atoms with van der Waals surface area (Å²) in [6.07, 6.45) is 8.39. The lowest BCUT2D eigenvalue weighted by Crippen LogP contribution is -2.52. The number of anilines is 3. The molecule has 1 atom stereocenters. The van der Waals surface area contributed by atoms with E-state index in [0.29, 0.717) is 36.9 Å². The van der Waals surface area contributed by atoms with Crippen molar-refractivity contribution in [3.05, 3.63) is 36.4 Å². The van der Waals surface area contributed by atoms with Crippen LogP contribution in [-0.4, -0.2) is 110 Å². The molecule has 1 aliphatic rings. The van der Waals surface area contributed by atoms with Crippen molar-refractivity contribution in [1.82, 2.24) is 39.5 Å². The van der Waals surface area contributed by atoms with Crippen LogP contribution in [0.1, 0.15) is 18.9 Å². The number of pyridine rings is 1. The Morgan fingerprint density at radius 1 is 1.20 bits per heavy atom. The number of piperazine rings is 1. The lowest BCUT2D eigenvalue weighted by molar-refractivity contribution is 0.0320. The van der Waals surface area contributed by atoms with Crippen LogP contribution in [0.15, 0.2) is 30.9 Å². The van der Waals surface area contributed by atoms with Gasteiger partial charge in [-0.05, 0) is 25.0 Å². The molecule has 0 bridgehead atoms. The first kappa shape index (κ1) is 28.7. The number of hydrogen-bond acceptors (Lipinski definition) is 11. The Hall–Kier alpha value is -3.78. The monoisotopic (exact) mass is 564 g/mol. The number of H-pyrrole nitrogens is 1. The normalized spacial score (nSPS) is 15.3. The molecule has 13 heteroatoms. The van der Waals surface area contributed by atoms with Gasteiger partial charge in [-0.2, -0.15) is 0 Å². The lowest BCUT2D eigenvalue weighted by atomic mass is 10.1. The van der Waals surface area contributed by atoms with Crippen molar-refractivity contribution in [3.63, 3.8) is 0 Å². The van der Waals surface area contributed by atoms with Crippen LogP contribution in [0.25, 0.3) is 22.2 Å². The summed E-state index contributed by atoms with van der Waals surface area (Å²) in [5.41, 5.74) is 4.30. The summed E-state index contributed by atoms with van der Waals surface area (Å²) in [7, 11) is 3.41. The van der Waals surface area contributed by atoms with E-state index in [1.165, 1.54) is 0 Å². The van der Waals surface area contributed by atoms with Crippen molar-refractivity contribution in [2.45, 2.75) is 26.3 Å². The maximum atomic E-state index is 9.19. The number of nitrogens with one attached hydrogen (secondary N) is 3. The quantitative estimate of drug-likeness (QED) is 0.141. The van der Waals surface area contributed by atoms with Gasteiger partial charge < -0.3 is 30.2 Å². The average Bonchev–Trinajstić information content (AvgIpc) is 3.58. The van der Waals surface area contributed by atoms with E-state index in [1.54, 1.807) is 24.2 Å². The molecule has 220 valence electrons. The topological polar surface area (TPSA) is 142 Å². The second-order valence-electron chi connectivity index (χ2n) is 10.2. The molecular weight excluding hydrogens is 524 g/mol. The third kappa shape index (κ3) is 6.59. The number of methoxy groups -OCH3 is 1. The number of aryl methyl sites for hydroxylation is 2. The van der Waals surface area contributed by atoms with Crippen LogP contribution >= 0.6 is 0 Å². The van der Waals surface area contributed by atoms with Crippen molar-refractivity contribution in [2.24, 2.45) is 7.05 Å². The maximum Gasteiger partial charge on any atom is 0.256 e. The maximum absolute atomic E-state index is 9.19. The van der Waals surface area contributed by atoms with E-state index in [2.05, 4.69) is 47.4 Å². The summed E-state index contributed by atoms with van der Waals surface area (Å²) in [5, 5.41) is 21.0. The second-order valence-corrected chi connectivity index (χ2v) is 10.2. The minimum atomic E-state index is 0.216. The van der Waals surface area contributed by atoms with Gasteiger partial charge in [-0.25, -0.2) is 15.0 Å². The smallest absolute Gasteiger partial charge is 0.256 e. The third-order valence-electron chi connectivity index (χ3n) is 7.53. The largest absolute Gasteiger partial charge is 0.478 e. The van der Waals surface area contributed by atoms with E-state index in [-0.39, 0.29) is 6.61 Å². The molecule has 0 spiro atoms. The molecule has 4 aromatic heterocycles. The molecule has 1 unspecified atom stereocenters. The molecule has 5 rings (SSSR count). The SMILES string of the molecule is CCC(COCNc1nccc2c(-c3nc(Nc4cn(C)nc4OC)ncc3C)c[nH]c12)N1CCN(CCO)CC1. The Bertz CT molecular complexity index is 1430. The highest BCUT2D eigenvalue weighted by Crippen LogP contribution is 2.33. The first-order valence-electron chi connectivity index (χ1n) is 14.0. The van der Waals surface area contributed by atoms with Crippen molar-refractivity contribution in [1.29, 1.82) is 0 Å². The Morgan fingerprint density at radius 3 is 2.78 bits per heavy atom. The van der Waals surface area contributed by atoms with Crippen LogP contribution in [0.2, 0.25) is 0 Å².